The maximum absolute atomic E-state index is 12.2. The van der Waals surface area contributed by atoms with Gasteiger partial charge in [-0.05, 0) is 36.8 Å². The van der Waals surface area contributed by atoms with Crippen molar-refractivity contribution >= 4 is 30.8 Å². The van der Waals surface area contributed by atoms with Crippen molar-refractivity contribution in [1.29, 1.82) is 0 Å². The molecule has 0 radical (unpaired) electrons. The fourth-order valence-electron chi connectivity index (χ4n) is 2.50. The van der Waals surface area contributed by atoms with E-state index in [1.165, 1.54) is 0 Å². The summed E-state index contributed by atoms with van der Waals surface area (Å²) in [5.41, 5.74) is 1.70. The van der Waals surface area contributed by atoms with Gasteiger partial charge < -0.3 is 5.32 Å². The van der Waals surface area contributed by atoms with Crippen LogP contribution in [0.3, 0.4) is 0 Å². The summed E-state index contributed by atoms with van der Waals surface area (Å²) in [5.74, 6) is -0.154. The molecule has 2 aromatic carbocycles. The summed E-state index contributed by atoms with van der Waals surface area (Å²) in [6, 6.07) is 16.3. The molecule has 0 bridgehead atoms. The van der Waals surface area contributed by atoms with Gasteiger partial charge in [-0.3, -0.25) is 4.79 Å². The highest BCUT2D eigenvalue weighted by Gasteiger charge is 2.36. The molecule has 2 rings (SSSR count). The minimum absolute atomic E-state index is 0.101. The molecule has 0 aromatic heterocycles. The molecule has 6 heteroatoms. The number of nitrogens with one attached hydrogen (secondary N) is 1. The van der Waals surface area contributed by atoms with Gasteiger partial charge in [-0.2, -0.15) is 0 Å². The second-order valence-corrected chi connectivity index (χ2v) is 8.80. The fourth-order valence-corrected chi connectivity index (χ4v) is 4.23. The number of rotatable bonds is 8. The maximum atomic E-state index is 12.2. The van der Waals surface area contributed by atoms with Crippen LogP contribution in [0.25, 0.3) is 0 Å². The number of hydrogen-bond acceptors (Lipinski definition) is 4. The number of anilines is 1. The predicted octanol–water partition coefficient (Wildman–Crippen LogP) is 4.13. The largest absolute Gasteiger partial charge is 0.382 e. The average molecular weight is 367 g/mol. The summed E-state index contributed by atoms with van der Waals surface area (Å²) in [6.07, 6.45) is 0.188. The van der Waals surface area contributed by atoms with E-state index in [2.05, 4.69) is 5.32 Å². The van der Waals surface area contributed by atoms with Crippen molar-refractivity contribution in [2.75, 3.05) is 11.5 Å². The number of benzene rings is 2. The smallest absolute Gasteiger partial charge is 0.279 e. The summed E-state index contributed by atoms with van der Waals surface area (Å²) in [4.78, 5) is 32.5. The first-order valence-corrected chi connectivity index (χ1v) is 10.2. The van der Waals surface area contributed by atoms with Crippen molar-refractivity contribution in [1.82, 2.24) is 0 Å². The standard InChI is InChI=1S/C18H22ClNO3P/c1-14(20-17-9-7-16(19)8-10-17)11-18(21)13-24(22,23)12-15-5-3-2-4-6-15/h2-10,14,20,22-23H,11-13H2,1H3/q+1. The molecule has 1 unspecified atom stereocenters. The van der Waals surface area contributed by atoms with Crippen molar-refractivity contribution in [2.45, 2.75) is 25.5 Å². The Bertz CT molecular complexity index is 662. The van der Waals surface area contributed by atoms with E-state index < -0.39 is 7.72 Å². The Morgan fingerprint density at radius 1 is 1.12 bits per heavy atom. The molecular weight excluding hydrogens is 345 g/mol. The van der Waals surface area contributed by atoms with Crippen LogP contribution in [0, 0.1) is 0 Å². The molecule has 0 saturated carbocycles. The van der Waals surface area contributed by atoms with Crippen molar-refractivity contribution < 1.29 is 14.6 Å². The normalized spacial score (nSPS) is 12.7. The van der Waals surface area contributed by atoms with Crippen LogP contribution in [-0.2, 0) is 11.0 Å². The van der Waals surface area contributed by atoms with Gasteiger partial charge in [0.15, 0.2) is 11.9 Å². The molecule has 0 heterocycles. The fraction of sp³-hybridized carbons (Fsp3) is 0.278. The van der Waals surface area contributed by atoms with E-state index in [-0.39, 0.29) is 30.6 Å². The molecule has 2 aromatic rings. The summed E-state index contributed by atoms with van der Waals surface area (Å²) in [7, 11) is -3.26. The highest BCUT2D eigenvalue weighted by atomic mass is 35.5. The molecule has 24 heavy (non-hydrogen) atoms. The second kappa shape index (κ2) is 8.59. The van der Waals surface area contributed by atoms with E-state index in [0.717, 1.165) is 11.3 Å². The number of carbonyl (C=O) groups is 1. The summed E-state index contributed by atoms with van der Waals surface area (Å²) >= 11 is 5.84. The number of ketones is 1. The van der Waals surface area contributed by atoms with Gasteiger partial charge in [-0.25, -0.2) is 9.79 Å². The lowest BCUT2D eigenvalue weighted by molar-refractivity contribution is -0.117. The molecule has 0 aliphatic carbocycles. The van der Waals surface area contributed by atoms with Crippen LogP contribution in [0.15, 0.2) is 54.6 Å². The van der Waals surface area contributed by atoms with Gasteiger partial charge in [0.25, 0.3) is 7.72 Å². The molecule has 0 aliphatic rings. The Morgan fingerprint density at radius 3 is 2.38 bits per heavy atom. The molecule has 128 valence electrons. The first kappa shape index (κ1) is 18.9. The highest BCUT2D eigenvalue weighted by molar-refractivity contribution is 7.64. The van der Waals surface area contributed by atoms with Crippen LogP contribution in [0.2, 0.25) is 5.02 Å². The Morgan fingerprint density at radius 2 is 1.75 bits per heavy atom. The van der Waals surface area contributed by atoms with Crippen LogP contribution in [-0.4, -0.2) is 27.8 Å². The summed E-state index contributed by atoms with van der Waals surface area (Å²) in [5, 5.41) is 3.86. The lowest BCUT2D eigenvalue weighted by atomic mass is 10.1. The monoisotopic (exact) mass is 366 g/mol. The first-order chi connectivity index (χ1) is 11.3. The molecule has 0 spiro atoms. The Hall–Kier alpha value is -1.45. The third kappa shape index (κ3) is 6.58. The highest BCUT2D eigenvalue weighted by Crippen LogP contribution is 2.53. The predicted molar refractivity (Wildman–Crippen MR) is 101 cm³/mol. The quantitative estimate of drug-likeness (QED) is 0.614. The summed E-state index contributed by atoms with van der Waals surface area (Å²) in [6.45, 7) is 1.89. The van der Waals surface area contributed by atoms with Crippen molar-refractivity contribution in [3.8, 4) is 0 Å². The maximum Gasteiger partial charge on any atom is 0.279 e. The Kier molecular flexibility index (Phi) is 6.76. The van der Waals surface area contributed by atoms with Crippen molar-refractivity contribution in [2.24, 2.45) is 0 Å². The van der Waals surface area contributed by atoms with Crippen LogP contribution in [0.4, 0.5) is 5.69 Å². The SMILES string of the molecule is CC(CC(=O)C[P+](O)(O)Cc1ccccc1)Nc1ccc(Cl)cc1. The van der Waals surface area contributed by atoms with Gasteiger partial charge >= 0.3 is 0 Å². The van der Waals surface area contributed by atoms with Gasteiger partial charge in [-0.15, -0.1) is 0 Å². The lowest BCUT2D eigenvalue weighted by Crippen LogP contribution is -2.22. The van der Waals surface area contributed by atoms with E-state index in [0.29, 0.717) is 5.02 Å². The topological polar surface area (TPSA) is 69.6 Å². The van der Waals surface area contributed by atoms with Crippen molar-refractivity contribution in [3.05, 3.63) is 65.2 Å². The van der Waals surface area contributed by atoms with Gasteiger partial charge in [0.2, 0.25) is 0 Å². The minimum Gasteiger partial charge on any atom is -0.382 e. The number of carbonyl (C=O) groups excluding carboxylic acids is 1. The second-order valence-electron chi connectivity index (χ2n) is 5.98. The molecule has 1 atom stereocenters. The van der Waals surface area contributed by atoms with Crippen LogP contribution in [0.5, 0.6) is 0 Å². The average Bonchev–Trinajstić information content (AvgIpc) is 2.49. The molecular formula is C18H22ClNO3P+. The van der Waals surface area contributed by atoms with Gasteiger partial charge in [-0.1, -0.05) is 41.9 Å². The van der Waals surface area contributed by atoms with Crippen LogP contribution in [0.1, 0.15) is 18.9 Å². The van der Waals surface area contributed by atoms with E-state index in [1.54, 1.807) is 12.1 Å². The molecule has 0 amide bonds. The number of Topliss-reactive ketones (excluding diaryl/α,β-unsaturated/α-hetero) is 1. The third-order valence-corrected chi connectivity index (χ3v) is 5.48. The Balaban J connectivity index is 1.83. The number of hydrogen-bond donors (Lipinski definition) is 3. The lowest BCUT2D eigenvalue weighted by Gasteiger charge is -2.16. The van der Waals surface area contributed by atoms with E-state index in [4.69, 9.17) is 11.6 Å². The molecule has 3 N–H and O–H groups in total. The Labute approximate surface area is 148 Å². The zero-order valence-electron chi connectivity index (χ0n) is 13.5. The van der Waals surface area contributed by atoms with Gasteiger partial charge in [0.1, 0.15) is 6.16 Å². The third-order valence-electron chi connectivity index (χ3n) is 3.50. The van der Waals surface area contributed by atoms with Crippen LogP contribution < -0.4 is 5.32 Å². The molecule has 0 saturated heterocycles. The van der Waals surface area contributed by atoms with E-state index in [9.17, 15) is 14.6 Å². The van der Waals surface area contributed by atoms with Gasteiger partial charge in [0.05, 0.1) is 0 Å². The minimum atomic E-state index is -3.26. The van der Waals surface area contributed by atoms with Crippen molar-refractivity contribution in [3.63, 3.8) is 0 Å². The molecule has 0 aliphatic heterocycles. The molecule has 0 fully saturated rings. The van der Waals surface area contributed by atoms with Gasteiger partial charge in [0, 0.05) is 23.2 Å². The van der Waals surface area contributed by atoms with E-state index in [1.807, 2.05) is 49.4 Å². The zero-order valence-corrected chi connectivity index (χ0v) is 15.2. The van der Waals surface area contributed by atoms with E-state index >= 15 is 0 Å². The van der Waals surface area contributed by atoms with Crippen LogP contribution >= 0.6 is 19.3 Å². The first-order valence-electron chi connectivity index (χ1n) is 7.74. The zero-order chi connectivity index (χ0) is 17.6. The summed E-state index contributed by atoms with van der Waals surface area (Å²) < 4.78 is 0. The number of halogens is 1. The molecule has 4 nitrogen and oxygen atoms in total.